The standard InChI is InChI=1S/C38H42O14/c1-47-31-9-7-21(14-33(31)49-3)12-23(6-5-11-51-37(45)24-16-27(39)35(43)28(40)17-24)26(13-22-8-10-32(48-2)34(15-22)50-4)20-52-38(46)25-18-29(41)36(44)30(42)19-25/h7-10,14-19,23,26,39-44H,5-6,11-13,20H2,1-4H3/t23-,26+/m1/s1. The molecule has 2 atom stereocenters. The van der Waals surface area contributed by atoms with Crippen molar-refractivity contribution >= 4 is 11.9 Å². The molecule has 4 aromatic rings. The van der Waals surface area contributed by atoms with Crippen LogP contribution in [-0.2, 0) is 22.3 Å². The van der Waals surface area contributed by atoms with Crippen LogP contribution in [0.15, 0.2) is 60.7 Å². The van der Waals surface area contributed by atoms with Gasteiger partial charge >= 0.3 is 11.9 Å². The Hall–Kier alpha value is -6.18. The van der Waals surface area contributed by atoms with E-state index in [0.717, 1.165) is 35.4 Å². The number of phenolic OH excluding ortho intramolecular Hbond substituents is 6. The van der Waals surface area contributed by atoms with Crippen molar-refractivity contribution in [1.82, 2.24) is 0 Å². The molecule has 0 saturated heterocycles. The molecule has 0 radical (unpaired) electrons. The quantitative estimate of drug-likeness (QED) is 0.0454. The molecule has 0 spiro atoms. The second-order valence-corrected chi connectivity index (χ2v) is 11.9. The lowest BCUT2D eigenvalue weighted by atomic mass is 9.80. The van der Waals surface area contributed by atoms with Gasteiger partial charge in [0.25, 0.3) is 0 Å². The summed E-state index contributed by atoms with van der Waals surface area (Å²) in [5.74, 6) is -4.41. The molecule has 0 saturated carbocycles. The van der Waals surface area contributed by atoms with Gasteiger partial charge in [0.2, 0.25) is 0 Å². The zero-order chi connectivity index (χ0) is 37.9. The molecule has 0 aliphatic heterocycles. The molecule has 14 nitrogen and oxygen atoms in total. The van der Waals surface area contributed by atoms with Crippen LogP contribution in [0, 0.1) is 11.8 Å². The van der Waals surface area contributed by atoms with Crippen LogP contribution in [0.1, 0.15) is 44.7 Å². The van der Waals surface area contributed by atoms with Crippen molar-refractivity contribution in [3.05, 3.63) is 82.9 Å². The van der Waals surface area contributed by atoms with Crippen molar-refractivity contribution < 1.29 is 68.6 Å². The summed E-state index contributed by atoms with van der Waals surface area (Å²) in [6, 6.07) is 14.9. The molecule has 0 heterocycles. The second-order valence-electron chi connectivity index (χ2n) is 11.9. The Labute approximate surface area is 299 Å². The smallest absolute Gasteiger partial charge is 0.338 e. The average molecular weight is 723 g/mol. The van der Waals surface area contributed by atoms with Crippen molar-refractivity contribution in [2.75, 3.05) is 41.7 Å². The minimum Gasteiger partial charge on any atom is -0.504 e. The largest absolute Gasteiger partial charge is 0.504 e. The van der Waals surface area contributed by atoms with Gasteiger partial charge in [-0.15, -0.1) is 0 Å². The van der Waals surface area contributed by atoms with Crippen molar-refractivity contribution in [2.24, 2.45) is 11.8 Å². The zero-order valence-corrected chi connectivity index (χ0v) is 29.1. The Morgan fingerprint density at radius 2 is 0.942 bits per heavy atom. The van der Waals surface area contributed by atoms with E-state index in [4.69, 9.17) is 28.4 Å². The molecule has 14 heteroatoms. The molecule has 0 bridgehead atoms. The number of aromatic hydroxyl groups is 6. The summed E-state index contributed by atoms with van der Waals surface area (Å²) in [5, 5.41) is 58.9. The third-order valence-electron chi connectivity index (χ3n) is 8.55. The van der Waals surface area contributed by atoms with Gasteiger partial charge in [0.1, 0.15) is 0 Å². The number of hydrogen-bond donors (Lipinski definition) is 6. The molecule has 0 aliphatic carbocycles. The number of phenols is 6. The first-order valence-corrected chi connectivity index (χ1v) is 16.1. The highest BCUT2D eigenvalue weighted by Crippen LogP contribution is 2.38. The fourth-order valence-corrected chi connectivity index (χ4v) is 5.79. The summed E-state index contributed by atoms with van der Waals surface area (Å²) in [5.41, 5.74) is 1.40. The Kier molecular flexibility index (Phi) is 13.1. The summed E-state index contributed by atoms with van der Waals surface area (Å²) < 4.78 is 33.0. The first-order chi connectivity index (χ1) is 24.9. The molecule has 0 aromatic heterocycles. The minimum absolute atomic E-state index is 0.0431. The van der Waals surface area contributed by atoms with Gasteiger partial charge in [0.15, 0.2) is 57.5 Å². The summed E-state index contributed by atoms with van der Waals surface area (Å²) in [4.78, 5) is 25.9. The molecular formula is C38H42O14. The van der Waals surface area contributed by atoms with Crippen molar-refractivity contribution in [2.45, 2.75) is 25.7 Å². The van der Waals surface area contributed by atoms with Crippen LogP contribution >= 0.6 is 0 Å². The molecular weight excluding hydrogens is 680 g/mol. The molecule has 0 aliphatic rings. The highest BCUT2D eigenvalue weighted by atomic mass is 16.5. The molecule has 4 rings (SSSR count). The molecule has 0 unspecified atom stereocenters. The first kappa shape index (κ1) is 38.6. The third-order valence-corrected chi connectivity index (χ3v) is 8.55. The van der Waals surface area contributed by atoms with Crippen LogP contribution in [0.5, 0.6) is 57.5 Å². The fraction of sp³-hybridized carbons (Fsp3) is 0.316. The van der Waals surface area contributed by atoms with Gasteiger partial charge in [-0.25, -0.2) is 9.59 Å². The van der Waals surface area contributed by atoms with Crippen LogP contribution in [0.2, 0.25) is 0 Å². The fourth-order valence-electron chi connectivity index (χ4n) is 5.79. The maximum absolute atomic E-state index is 13.2. The lowest BCUT2D eigenvalue weighted by Gasteiger charge is -2.28. The Morgan fingerprint density at radius 3 is 1.37 bits per heavy atom. The van der Waals surface area contributed by atoms with E-state index in [0.29, 0.717) is 48.7 Å². The zero-order valence-electron chi connectivity index (χ0n) is 29.1. The number of hydrogen-bond acceptors (Lipinski definition) is 14. The SMILES string of the molecule is COc1ccc(C[C@@H](CCCOC(=O)c2cc(O)c(O)c(O)c2)[C@H](COC(=O)c2cc(O)c(O)c(O)c2)Cc2ccc(OC)c(OC)c2)cc1OC. The van der Waals surface area contributed by atoms with E-state index < -0.39 is 46.4 Å². The van der Waals surface area contributed by atoms with E-state index in [9.17, 15) is 40.2 Å². The van der Waals surface area contributed by atoms with E-state index >= 15 is 0 Å². The molecule has 6 N–H and O–H groups in total. The van der Waals surface area contributed by atoms with E-state index in [2.05, 4.69) is 0 Å². The van der Waals surface area contributed by atoms with Crippen LogP contribution in [0.4, 0.5) is 0 Å². The molecule has 278 valence electrons. The van der Waals surface area contributed by atoms with Gasteiger partial charge < -0.3 is 59.1 Å². The lowest BCUT2D eigenvalue weighted by molar-refractivity contribution is 0.0361. The van der Waals surface area contributed by atoms with Crippen LogP contribution in [0.3, 0.4) is 0 Å². The number of methoxy groups -OCH3 is 4. The van der Waals surface area contributed by atoms with Crippen LogP contribution in [0.25, 0.3) is 0 Å². The van der Waals surface area contributed by atoms with Gasteiger partial charge in [0, 0.05) is 5.92 Å². The highest BCUT2D eigenvalue weighted by Gasteiger charge is 2.27. The Balaban J connectivity index is 1.63. The summed E-state index contributed by atoms with van der Waals surface area (Å²) >= 11 is 0. The Morgan fingerprint density at radius 1 is 0.538 bits per heavy atom. The van der Waals surface area contributed by atoms with Gasteiger partial charge in [0.05, 0.1) is 52.8 Å². The minimum atomic E-state index is -0.845. The first-order valence-electron chi connectivity index (χ1n) is 16.1. The molecule has 4 aromatic carbocycles. The van der Waals surface area contributed by atoms with Gasteiger partial charge in [-0.05, 0) is 91.3 Å². The van der Waals surface area contributed by atoms with Crippen LogP contribution in [-0.4, -0.2) is 84.2 Å². The van der Waals surface area contributed by atoms with Crippen LogP contribution < -0.4 is 18.9 Å². The van der Waals surface area contributed by atoms with Gasteiger partial charge in [-0.3, -0.25) is 0 Å². The number of ether oxygens (including phenoxy) is 6. The van der Waals surface area contributed by atoms with Gasteiger partial charge in [-0.1, -0.05) is 12.1 Å². The second kappa shape index (κ2) is 17.7. The number of carbonyl (C=O) groups is 2. The maximum atomic E-state index is 13.2. The monoisotopic (exact) mass is 722 g/mol. The van der Waals surface area contributed by atoms with Crippen molar-refractivity contribution in [1.29, 1.82) is 0 Å². The maximum Gasteiger partial charge on any atom is 0.338 e. The summed E-state index contributed by atoms with van der Waals surface area (Å²) in [7, 11) is 6.10. The summed E-state index contributed by atoms with van der Waals surface area (Å²) in [6.45, 7) is -0.155. The summed E-state index contributed by atoms with van der Waals surface area (Å²) in [6.07, 6.45) is 1.67. The van der Waals surface area contributed by atoms with E-state index in [-0.39, 0.29) is 36.2 Å². The molecule has 0 fully saturated rings. The number of benzene rings is 4. The van der Waals surface area contributed by atoms with E-state index in [1.165, 1.54) is 28.4 Å². The normalized spacial score (nSPS) is 12.0. The predicted molar refractivity (Wildman–Crippen MR) is 186 cm³/mol. The lowest BCUT2D eigenvalue weighted by Crippen LogP contribution is -2.27. The molecule has 52 heavy (non-hydrogen) atoms. The predicted octanol–water partition coefficient (Wildman–Crippen LogP) is 5.47. The number of carbonyl (C=O) groups excluding carboxylic acids is 2. The number of esters is 2. The number of rotatable bonds is 17. The molecule has 0 amide bonds. The van der Waals surface area contributed by atoms with Crippen molar-refractivity contribution in [3.8, 4) is 57.5 Å². The van der Waals surface area contributed by atoms with Crippen molar-refractivity contribution in [3.63, 3.8) is 0 Å². The average Bonchev–Trinajstić information content (AvgIpc) is 3.14. The topological polar surface area (TPSA) is 211 Å². The highest BCUT2D eigenvalue weighted by molar-refractivity contribution is 5.91. The van der Waals surface area contributed by atoms with Gasteiger partial charge in [-0.2, -0.15) is 0 Å². The van der Waals surface area contributed by atoms with E-state index in [1.54, 1.807) is 12.1 Å². The van der Waals surface area contributed by atoms with E-state index in [1.807, 2.05) is 24.3 Å². The Bertz CT molecular complexity index is 1820. The third kappa shape index (κ3) is 9.53.